The van der Waals surface area contributed by atoms with Crippen LogP contribution in [-0.4, -0.2) is 58.2 Å². The molecule has 3 aromatic carbocycles. The lowest BCUT2D eigenvalue weighted by molar-refractivity contribution is 0.107. The van der Waals surface area contributed by atoms with Gasteiger partial charge in [-0.1, -0.05) is 12.1 Å². The van der Waals surface area contributed by atoms with Crippen molar-refractivity contribution in [2.45, 2.75) is 49.9 Å². The Kier molecular flexibility index (Phi) is 6.89. The van der Waals surface area contributed by atoms with E-state index < -0.39 is 35.7 Å². The van der Waals surface area contributed by atoms with E-state index in [1.165, 1.54) is 30.4 Å². The molecule has 9 N–H and O–H groups in total. The fraction of sp³-hybridized carbons (Fsp3) is 0.250. The predicted molar refractivity (Wildman–Crippen MR) is 152 cm³/mol. The minimum absolute atomic E-state index is 0.0210. The van der Waals surface area contributed by atoms with E-state index in [1.54, 1.807) is 12.1 Å². The molecule has 0 spiro atoms. The molecule has 3 unspecified atom stereocenters. The Hall–Kier alpha value is -5.16. The Morgan fingerprint density at radius 3 is 2.21 bits per heavy atom. The van der Waals surface area contributed by atoms with Crippen molar-refractivity contribution in [2.75, 3.05) is 0 Å². The maximum Gasteiger partial charge on any atom is 0.157 e. The summed E-state index contributed by atoms with van der Waals surface area (Å²) in [4.78, 5) is 0. The number of fused-ring (bicyclic) bond motifs is 2. The minimum atomic E-state index is -1.32. The van der Waals surface area contributed by atoms with E-state index in [0.29, 0.717) is 29.5 Å². The number of aliphatic hydroxyl groups is 3. The molecule has 6 rings (SSSR count). The molecule has 0 fully saturated rings. The van der Waals surface area contributed by atoms with Gasteiger partial charge in [-0.25, -0.2) is 0 Å². The maximum atomic E-state index is 11.8. The molecule has 3 aliphatic rings. The van der Waals surface area contributed by atoms with Crippen LogP contribution in [0.1, 0.15) is 53.5 Å². The Balaban J connectivity index is 1.48. The Labute approximate surface area is 245 Å². The van der Waals surface area contributed by atoms with Crippen molar-refractivity contribution in [3.8, 4) is 46.0 Å². The van der Waals surface area contributed by atoms with Crippen LogP contribution in [0.15, 0.2) is 71.7 Å². The van der Waals surface area contributed by atoms with E-state index in [9.17, 15) is 46.0 Å². The second-order valence-corrected chi connectivity index (χ2v) is 10.9. The predicted octanol–water partition coefficient (Wildman–Crippen LogP) is 4.84. The number of hydrogen-bond acceptors (Lipinski definition) is 11. The molecular formula is C32H30O11. The van der Waals surface area contributed by atoms with Crippen molar-refractivity contribution < 1.29 is 55.4 Å². The number of ether oxygens (including phenoxy) is 2. The van der Waals surface area contributed by atoms with E-state index in [2.05, 4.69) is 0 Å². The molecule has 3 aromatic rings. The van der Waals surface area contributed by atoms with Crippen molar-refractivity contribution in [1.29, 1.82) is 0 Å². The molecule has 2 aliphatic heterocycles. The molecule has 0 bridgehead atoms. The number of benzene rings is 3. The van der Waals surface area contributed by atoms with E-state index >= 15 is 0 Å². The highest BCUT2D eigenvalue weighted by Crippen LogP contribution is 2.55. The zero-order valence-electron chi connectivity index (χ0n) is 22.7. The maximum absolute atomic E-state index is 11.8. The topological polar surface area (TPSA) is 201 Å². The quantitative estimate of drug-likeness (QED) is 0.189. The molecule has 43 heavy (non-hydrogen) atoms. The molecule has 11 heteroatoms. The van der Waals surface area contributed by atoms with E-state index in [0.717, 1.165) is 12.1 Å². The van der Waals surface area contributed by atoms with E-state index in [4.69, 9.17) is 9.47 Å². The second-order valence-electron chi connectivity index (χ2n) is 10.9. The first-order valence-corrected chi connectivity index (χ1v) is 13.7. The van der Waals surface area contributed by atoms with Gasteiger partial charge in [0.05, 0.1) is 6.10 Å². The molecule has 0 amide bonds. The lowest BCUT2D eigenvalue weighted by Gasteiger charge is -2.33. The molecule has 0 saturated heterocycles. The molecular weight excluding hydrogens is 560 g/mol. The number of hydrogen-bond donors (Lipinski definition) is 9. The molecule has 224 valence electrons. The first-order chi connectivity index (χ1) is 20.5. The van der Waals surface area contributed by atoms with Crippen LogP contribution in [0.5, 0.6) is 46.0 Å². The number of allylic oxidation sites excluding steroid dienone is 3. The van der Waals surface area contributed by atoms with Crippen molar-refractivity contribution in [3.05, 3.63) is 94.0 Å². The second kappa shape index (κ2) is 10.6. The molecule has 0 radical (unpaired) electrons. The summed E-state index contributed by atoms with van der Waals surface area (Å²) in [6.45, 7) is 0. The molecule has 2 heterocycles. The largest absolute Gasteiger partial charge is 0.508 e. The first kappa shape index (κ1) is 28.0. The highest BCUT2D eigenvalue weighted by Gasteiger charge is 2.41. The summed E-state index contributed by atoms with van der Waals surface area (Å²) in [7, 11) is 0. The van der Waals surface area contributed by atoms with Crippen LogP contribution in [0, 0.1) is 0 Å². The molecule has 0 saturated carbocycles. The van der Waals surface area contributed by atoms with Crippen LogP contribution in [0.3, 0.4) is 0 Å². The van der Waals surface area contributed by atoms with Gasteiger partial charge in [-0.05, 0) is 54.7 Å². The fourth-order valence-corrected chi connectivity index (χ4v) is 6.04. The number of aliphatic hydroxyl groups excluding tert-OH is 3. The first-order valence-electron chi connectivity index (χ1n) is 13.7. The standard InChI is InChI=1S/C32H30O11/c33-16-10-23(39)29-28(11-16)42-27(14-1-5-18(34)19(35)6-2-14)13-25(41)30(29)31-24(40)12-21(37)17-4-8-26(43-32(17)31)15-3-7-20(36)22(38)9-15/h1,3,5-7,9-12,25-27,30,33-41H,2,4,8,13H2/t25-,26?,27?,30?/m1/s1. The SMILES string of the molecule is OC1=CC=C(C2C[C@@H](O)C(c3c(O)cc(O)c4c3OC(c3ccc(O)c(O)c3)CC4)c3c(O)cc(O)cc3O2)CC=C1O. The van der Waals surface area contributed by atoms with Crippen molar-refractivity contribution >= 4 is 0 Å². The van der Waals surface area contributed by atoms with Gasteiger partial charge in [-0.3, -0.25) is 0 Å². The van der Waals surface area contributed by atoms with Crippen LogP contribution < -0.4 is 9.47 Å². The average Bonchev–Trinajstić information content (AvgIpc) is 3.21. The normalized spacial score (nSPS) is 23.2. The smallest absolute Gasteiger partial charge is 0.157 e. The number of phenolic OH excluding ortho intramolecular Hbond substituents is 6. The van der Waals surface area contributed by atoms with Crippen molar-refractivity contribution in [2.24, 2.45) is 0 Å². The zero-order valence-corrected chi connectivity index (χ0v) is 22.7. The monoisotopic (exact) mass is 590 g/mol. The summed E-state index contributed by atoms with van der Waals surface area (Å²) < 4.78 is 12.6. The van der Waals surface area contributed by atoms with Crippen LogP contribution >= 0.6 is 0 Å². The molecule has 4 atom stereocenters. The van der Waals surface area contributed by atoms with Crippen LogP contribution in [-0.2, 0) is 6.42 Å². The van der Waals surface area contributed by atoms with Crippen molar-refractivity contribution in [1.82, 2.24) is 0 Å². The van der Waals surface area contributed by atoms with Crippen LogP contribution in [0.4, 0.5) is 0 Å². The summed E-state index contributed by atoms with van der Waals surface area (Å²) >= 11 is 0. The third-order valence-electron chi connectivity index (χ3n) is 8.16. The van der Waals surface area contributed by atoms with Gasteiger partial charge in [0, 0.05) is 47.2 Å². The zero-order chi connectivity index (χ0) is 30.6. The van der Waals surface area contributed by atoms with Gasteiger partial charge in [-0.15, -0.1) is 0 Å². The molecule has 1 aliphatic carbocycles. The number of aromatic hydroxyl groups is 6. The minimum Gasteiger partial charge on any atom is -0.508 e. The van der Waals surface area contributed by atoms with Gasteiger partial charge in [0.2, 0.25) is 0 Å². The highest BCUT2D eigenvalue weighted by molar-refractivity contribution is 5.65. The number of rotatable bonds is 3. The van der Waals surface area contributed by atoms with Crippen LogP contribution in [0.25, 0.3) is 0 Å². The van der Waals surface area contributed by atoms with Gasteiger partial charge in [0.1, 0.15) is 46.7 Å². The molecule has 11 nitrogen and oxygen atoms in total. The Bertz CT molecular complexity index is 1700. The van der Waals surface area contributed by atoms with Gasteiger partial charge in [0.25, 0.3) is 0 Å². The third-order valence-corrected chi connectivity index (χ3v) is 8.16. The summed E-state index contributed by atoms with van der Waals surface area (Å²) in [6, 6.07) is 7.76. The average molecular weight is 591 g/mol. The van der Waals surface area contributed by atoms with Gasteiger partial charge in [-0.2, -0.15) is 0 Å². The van der Waals surface area contributed by atoms with E-state index in [1.807, 2.05) is 0 Å². The van der Waals surface area contributed by atoms with Gasteiger partial charge < -0.3 is 55.4 Å². The Morgan fingerprint density at radius 2 is 1.44 bits per heavy atom. The van der Waals surface area contributed by atoms with Crippen molar-refractivity contribution in [3.63, 3.8) is 0 Å². The lowest BCUT2D eigenvalue weighted by atomic mass is 9.80. The molecule has 0 aromatic heterocycles. The summed E-state index contributed by atoms with van der Waals surface area (Å²) in [5.74, 6) is -3.73. The van der Waals surface area contributed by atoms with Gasteiger partial charge >= 0.3 is 0 Å². The summed E-state index contributed by atoms with van der Waals surface area (Å²) in [6.07, 6.45) is 2.21. The summed E-state index contributed by atoms with van der Waals surface area (Å²) in [5, 5.41) is 94.9. The van der Waals surface area contributed by atoms with E-state index in [-0.39, 0.29) is 70.0 Å². The van der Waals surface area contributed by atoms with Gasteiger partial charge in [0.15, 0.2) is 23.0 Å². The fourth-order valence-electron chi connectivity index (χ4n) is 6.04. The highest BCUT2D eigenvalue weighted by atomic mass is 16.5. The van der Waals surface area contributed by atoms with Crippen LogP contribution in [0.2, 0.25) is 0 Å². The number of phenols is 6. The lowest BCUT2D eigenvalue weighted by Crippen LogP contribution is -2.27. The third kappa shape index (κ3) is 4.97. The Morgan fingerprint density at radius 1 is 0.674 bits per heavy atom. The summed E-state index contributed by atoms with van der Waals surface area (Å²) in [5.41, 5.74) is 1.61.